The van der Waals surface area contributed by atoms with Crippen LogP contribution in [0.15, 0.2) is 18.3 Å². The topological polar surface area (TPSA) is 79.2 Å². The molecule has 2 aromatic heterocycles. The number of nitrogens with one attached hydrogen (secondary N) is 1. The van der Waals surface area contributed by atoms with Crippen LogP contribution in [0.25, 0.3) is 0 Å². The van der Waals surface area contributed by atoms with Crippen molar-refractivity contribution in [2.75, 3.05) is 38.1 Å². The van der Waals surface area contributed by atoms with E-state index in [4.69, 9.17) is 0 Å². The van der Waals surface area contributed by atoms with E-state index in [1.165, 1.54) is 0 Å². The number of aromatic nitrogens is 4. The first-order valence-electron chi connectivity index (χ1n) is 9.16. The van der Waals surface area contributed by atoms with Gasteiger partial charge in [-0.05, 0) is 38.9 Å². The van der Waals surface area contributed by atoms with Gasteiger partial charge in [0.25, 0.3) is 5.91 Å². The zero-order chi connectivity index (χ0) is 18.5. The molecular formula is C18H27N7O. The van der Waals surface area contributed by atoms with Crippen molar-refractivity contribution in [1.29, 1.82) is 0 Å². The molecule has 0 saturated carbocycles. The van der Waals surface area contributed by atoms with Gasteiger partial charge >= 0.3 is 0 Å². The Bertz CT molecular complexity index is 732. The summed E-state index contributed by atoms with van der Waals surface area (Å²) in [4.78, 5) is 16.4. The molecule has 0 unspecified atom stereocenters. The Kier molecular flexibility index (Phi) is 5.82. The van der Waals surface area contributed by atoms with Crippen LogP contribution in [0.3, 0.4) is 0 Å². The summed E-state index contributed by atoms with van der Waals surface area (Å²) in [6.07, 6.45) is 2.86. The summed E-state index contributed by atoms with van der Waals surface area (Å²) in [5, 5.41) is 16.1. The van der Waals surface area contributed by atoms with Crippen LogP contribution in [0.2, 0.25) is 0 Å². The van der Waals surface area contributed by atoms with Crippen LogP contribution >= 0.6 is 0 Å². The molecule has 0 radical (unpaired) electrons. The molecule has 8 nitrogen and oxygen atoms in total. The predicted octanol–water partition coefficient (Wildman–Crippen LogP) is 1.07. The van der Waals surface area contributed by atoms with Crippen molar-refractivity contribution in [2.24, 2.45) is 0 Å². The van der Waals surface area contributed by atoms with Crippen molar-refractivity contribution in [3.05, 3.63) is 35.3 Å². The van der Waals surface area contributed by atoms with Gasteiger partial charge in [-0.15, -0.1) is 10.2 Å². The molecule has 1 aliphatic heterocycles. The van der Waals surface area contributed by atoms with Crippen molar-refractivity contribution in [3.63, 3.8) is 0 Å². The molecule has 1 saturated heterocycles. The fraction of sp³-hybridized carbons (Fsp3) is 0.556. The summed E-state index contributed by atoms with van der Waals surface area (Å²) in [6.45, 7) is 8.96. The van der Waals surface area contributed by atoms with E-state index in [9.17, 15) is 4.79 Å². The molecule has 8 heteroatoms. The first-order chi connectivity index (χ1) is 12.6. The summed E-state index contributed by atoms with van der Waals surface area (Å²) < 4.78 is 1.98. The lowest BCUT2D eigenvalue weighted by Gasteiger charge is -2.20. The van der Waals surface area contributed by atoms with Crippen LogP contribution in [0, 0.1) is 6.92 Å². The molecule has 140 valence electrons. The number of rotatable bonds is 5. The van der Waals surface area contributed by atoms with Crippen LogP contribution in [-0.2, 0) is 13.1 Å². The number of aryl methyl sites for hydroxylation is 1. The highest BCUT2D eigenvalue weighted by molar-refractivity contribution is 5.92. The number of hydrogen-bond donors (Lipinski definition) is 1. The van der Waals surface area contributed by atoms with Crippen molar-refractivity contribution >= 4 is 11.7 Å². The average molecular weight is 357 g/mol. The summed E-state index contributed by atoms with van der Waals surface area (Å²) in [7, 11) is 1.97. The molecular weight excluding hydrogens is 330 g/mol. The first-order valence-corrected chi connectivity index (χ1v) is 9.16. The summed E-state index contributed by atoms with van der Waals surface area (Å²) in [5.41, 5.74) is 2.72. The number of anilines is 1. The minimum atomic E-state index is -0.0459. The Balaban J connectivity index is 1.66. The second-order valence-electron chi connectivity index (χ2n) is 6.60. The van der Waals surface area contributed by atoms with Crippen LogP contribution in [0.4, 0.5) is 5.82 Å². The van der Waals surface area contributed by atoms with E-state index >= 15 is 0 Å². The van der Waals surface area contributed by atoms with Crippen molar-refractivity contribution in [3.8, 4) is 0 Å². The molecule has 1 N–H and O–H groups in total. The fourth-order valence-corrected chi connectivity index (χ4v) is 3.15. The maximum absolute atomic E-state index is 12.6. The largest absolute Gasteiger partial charge is 0.354 e. The predicted molar refractivity (Wildman–Crippen MR) is 100 cm³/mol. The third-order valence-corrected chi connectivity index (χ3v) is 4.80. The number of nitrogens with zero attached hydrogens (tertiary/aromatic N) is 6. The molecule has 0 atom stereocenters. The molecule has 1 aliphatic rings. The van der Waals surface area contributed by atoms with Crippen LogP contribution in [0.1, 0.15) is 35.1 Å². The van der Waals surface area contributed by atoms with Crippen molar-refractivity contribution < 1.29 is 4.79 Å². The smallest absolute Gasteiger partial charge is 0.274 e. The maximum atomic E-state index is 12.6. The lowest BCUT2D eigenvalue weighted by molar-refractivity contribution is 0.0759. The molecule has 0 bridgehead atoms. The van der Waals surface area contributed by atoms with E-state index in [-0.39, 0.29) is 5.91 Å². The Morgan fingerprint density at radius 1 is 1.27 bits per heavy atom. The lowest BCUT2D eigenvalue weighted by atomic mass is 10.2. The van der Waals surface area contributed by atoms with E-state index in [2.05, 4.69) is 34.5 Å². The van der Waals surface area contributed by atoms with Gasteiger partial charge in [-0.1, -0.05) is 0 Å². The van der Waals surface area contributed by atoms with Crippen molar-refractivity contribution in [2.45, 2.75) is 33.4 Å². The van der Waals surface area contributed by atoms with Gasteiger partial charge in [0.15, 0.2) is 11.5 Å². The monoisotopic (exact) mass is 357 g/mol. The van der Waals surface area contributed by atoms with Gasteiger partial charge in [0, 0.05) is 51.0 Å². The van der Waals surface area contributed by atoms with Crippen LogP contribution < -0.4 is 10.2 Å². The second kappa shape index (κ2) is 8.27. The van der Waals surface area contributed by atoms with E-state index in [1.54, 1.807) is 6.07 Å². The molecule has 1 fully saturated rings. The Hall–Kier alpha value is -2.48. The number of carbonyl (C=O) groups is 1. The summed E-state index contributed by atoms with van der Waals surface area (Å²) >= 11 is 0. The molecule has 2 aromatic rings. The third-order valence-electron chi connectivity index (χ3n) is 4.80. The first kappa shape index (κ1) is 18.3. The van der Waals surface area contributed by atoms with E-state index < -0.39 is 0 Å². The molecule has 0 aliphatic carbocycles. The van der Waals surface area contributed by atoms with Gasteiger partial charge in [-0.3, -0.25) is 9.48 Å². The highest BCUT2D eigenvalue weighted by Crippen LogP contribution is 2.15. The summed E-state index contributed by atoms with van der Waals surface area (Å²) in [5.74, 6) is 0.693. The zero-order valence-electron chi connectivity index (χ0n) is 15.8. The Labute approximate surface area is 154 Å². The standard InChI is InChI=1S/C18H27N7O/c1-4-25-14(2)15(12-20-25)13-23(3)17-7-6-16(21-22-17)18(26)24-10-5-8-19-9-11-24/h6-7,12,19H,4-5,8-11,13H2,1-3H3. The van der Waals surface area contributed by atoms with Gasteiger partial charge in [0.1, 0.15) is 0 Å². The fourth-order valence-electron chi connectivity index (χ4n) is 3.15. The van der Waals surface area contributed by atoms with Gasteiger partial charge in [0.05, 0.1) is 6.20 Å². The van der Waals surface area contributed by atoms with Gasteiger partial charge < -0.3 is 15.1 Å². The Morgan fingerprint density at radius 2 is 2.12 bits per heavy atom. The highest BCUT2D eigenvalue weighted by atomic mass is 16.2. The van der Waals surface area contributed by atoms with Gasteiger partial charge in [0.2, 0.25) is 0 Å². The molecule has 0 aromatic carbocycles. The second-order valence-corrected chi connectivity index (χ2v) is 6.60. The molecule has 3 rings (SSSR count). The number of carbonyl (C=O) groups excluding carboxylic acids is 1. The van der Waals surface area contributed by atoms with E-state index in [1.807, 2.05) is 33.8 Å². The van der Waals surface area contributed by atoms with E-state index in [0.29, 0.717) is 18.8 Å². The quantitative estimate of drug-likeness (QED) is 0.862. The van der Waals surface area contributed by atoms with Crippen LogP contribution in [0.5, 0.6) is 0 Å². The average Bonchev–Trinajstić information content (AvgIpc) is 2.87. The lowest BCUT2D eigenvalue weighted by Crippen LogP contribution is -2.34. The maximum Gasteiger partial charge on any atom is 0.274 e. The van der Waals surface area contributed by atoms with Crippen molar-refractivity contribution in [1.82, 2.24) is 30.2 Å². The normalized spacial score (nSPS) is 15.0. The van der Waals surface area contributed by atoms with Gasteiger partial charge in [-0.2, -0.15) is 5.10 Å². The minimum Gasteiger partial charge on any atom is -0.354 e. The zero-order valence-corrected chi connectivity index (χ0v) is 15.8. The van der Waals surface area contributed by atoms with E-state index in [0.717, 1.165) is 49.7 Å². The molecule has 3 heterocycles. The minimum absolute atomic E-state index is 0.0459. The number of amides is 1. The van der Waals surface area contributed by atoms with Gasteiger partial charge in [-0.25, -0.2) is 0 Å². The molecule has 0 spiro atoms. The molecule has 26 heavy (non-hydrogen) atoms. The molecule has 1 amide bonds. The number of hydrogen-bond acceptors (Lipinski definition) is 6. The summed E-state index contributed by atoms with van der Waals surface area (Å²) in [6, 6.07) is 3.62. The SMILES string of the molecule is CCn1ncc(CN(C)c2ccc(C(=O)N3CCCNCC3)nn2)c1C. The highest BCUT2D eigenvalue weighted by Gasteiger charge is 2.19. The van der Waals surface area contributed by atoms with Crippen LogP contribution in [-0.4, -0.2) is 64.0 Å². The Morgan fingerprint density at radius 3 is 2.81 bits per heavy atom. The third kappa shape index (κ3) is 4.01.